The first-order valence-electron chi connectivity index (χ1n) is 38.4. The van der Waals surface area contributed by atoms with Crippen molar-refractivity contribution in [3.63, 3.8) is 0 Å². The summed E-state index contributed by atoms with van der Waals surface area (Å²) in [4.78, 5) is 0. The Kier molecular flexibility index (Phi) is 53.4. The average Bonchev–Trinajstić information content (AvgIpc) is 4.37. The summed E-state index contributed by atoms with van der Waals surface area (Å²) in [6.45, 7) is 64.3. The minimum atomic E-state index is 0.708. The van der Waals surface area contributed by atoms with E-state index in [9.17, 15) is 0 Å². The van der Waals surface area contributed by atoms with Crippen LogP contribution in [0, 0.1) is 111 Å². The fraction of sp³-hybridized carbons (Fsp3) is 1.00. The van der Waals surface area contributed by atoms with Gasteiger partial charge in [0.1, 0.15) is 0 Å². The molecule has 4 unspecified atom stereocenters. The van der Waals surface area contributed by atoms with Gasteiger partial charge in [0.05, 0.1) is 0 Å². The Bertz CT molecular complexity index is 1220. The van der Waals surface area contributed by atoms with Gasteiger partial charge in [-0.2, -0.15) is 0 Å². The summed E-state index contributed by atoms with van der Waals surface area (Å²) in [5.41, 5.74) is 2.39. The van der Waals surface area contributed by atoms with Crippen molar-refractivity contribution >= 4 is 0 Å². The fourth-order valence-corrected chi connectivity index (χ4v) is 11.7. The molecule has 0 aromatic heterocycles. The van der Waals surface area contributed by atoms with Crippen LogP contribution in [0.5, 0.6) is 0 Å². The lowest BCUT2D eigenvalue weighted by Crippen LogP contribution is -2.20. The van der Waals surface area contributed by atoms with E-state index in [1.807, 2.05) is 0 Å². The van der Waals surface area contributed by atoms with Crippen molar-refractivity contribution < 1.29 is 0 Å². The van der Waals surface area contributed by atoms with E-state index < -0.39 is 0 Å². The number of unbranched alkanes of at least 4 members (excludes halogenated alkanes) is 6. The van der Waals surface area contributed by atoms with Crippen LogP contribution in [-0.4, -0.2) is 0 Å². The largest absolute Gasteiger partial charge is 0.0654 e. The van der Waals surface area contributed by atoms with Crippen LogP contribution in [-0.2, 0) is 0 Å². The van der Waals surface area contributed by atoms with Gasteiger partial charge in [-0.05, 0) is 169 Å². The second-order valence-corrected chi connectivity index (χ2v) is 33.3. The Morgan fingerprint density at radius 2 is 0.756 bits per heavy atom. The van der Waals surface area contributed by atoms with Gasteiger partial charge in [0.15, 0.2) is 0 Å². The summed E-state index contributed by atoms with van der Waals surface area (Å²) in [5.74, 6) is 16.4. The molecule has 0 aromatic rings. The van der Waals surface area contributed by atoms with E-state index >= 15 is 0 Å². The minimum Gasteiger partial charge on any atom is -0.0654 e. The molecule has 10 aliphatic carbocycles. The molecule has 7 atom stereocenters. The highest BCUT2D eigenvalue weighted by Gasteiger charge is 2.59. The van der Waals surface area contributed by atoms with E-state index in [1.54, 1.807) is 19.3 Å². The molecule has 82 heavy (non-hydrogen) atoms. The third-order valence-electron chi connectivity index (χ3n) is 22.4. The summed E-state index contributed by atoms with van der Waals surface area (Å²) in [6, 6.07) is 0. The molecule has 10 fully saturated rings. The van der Waals surface area contributed by atoms with Gasteiger partial charge >= 0.3 is 0 Å². The Morgan fingerprint density at radius 3 is 0.817 bits per heavy atom. The normalized spacial score (nSPS) is 29.6. The van der Waals surface area contributed by atoms with Crippen molar-refractivity contribution in [2.75, 3.05) is 0 Å². The molecular weight excluding hydrogens is 985 g/mol. The second-order valence-electron chi connectivity index (χ2n) is 33.3. The molecule has 0 heteroatoms. The molecule has 10 saturated carbocycles. The van der Waals surface area contributed by atoms with Crippen molar-refractivity contribution in [3.05, 3.63) is 0 Å². The average molecular weight is 1160 g/mol. The molecule has 0 amide bonds. The first kappa shape index (κ1) is 86.2. The predicted molar refractivity (Wildman–Crippen MR) is 384 cm³/mol. The SMILES string of the molecule is CC1(C)CCC1.CC1C(C)C1C.CC1CC(C)C1.CC1CC1(C)C.CC1CCCC1.CC1CC[C@H]1C.CCC1CC1C.CCC1CCC1.CCCCC(C)C.CCCCC(C)C.CCCCCCC.CCC[C@H](C)CC.C[C@H]1CC12CC2. The van der Waals surface area contributed by atoms with Gasteiger partial charge < -0.3 is 0 Å². The van der Waals surface area contributed by atoms with Crippen LogP contribution in [0.1, 0.15) is 419 Å². The van der Waals surface area contributed by atoms with Crippen LogP contribution in [0.25, 0.3) is 0 Å². The van der Waals surface area contributed by atoms with E-state index in [0.29, 0.717) is 5.41 Å². The molecule has 0 aliphatic heterocycles. The van der Waals surface area contributed by atoms with Crippen molar-refractivity contribution in [2.45, 2.75) is 419 Å². The first-order valence-corrected chi connectivity index (χ1v) is 38.4. The van der Waals surface area contributed by atoms with Gasteiger partial charge in [0, 0.05) is 0 Å². The minimum absolute atomic E-state index is 0.708. The Balaban J connectivity index is -0.000000825. The first-order chi connectivity index (χ1) is 38.4. The number of hydrogen-bond acceptors (Lipinski definition) is 0. The van der Waals surface area contributed by atoms with Gasteiger partial charge in [-0.25, -0.2) is 0 Å². The molecular formula is C82H170. The van der Waals surface area contributed by atoms with Crippen LogP contribution < -0.4 is 0 Å². The van der Waals surface area contributed by atoms with Crippen molar-refractivity contribution in [3.8, 4) is 0 Å². The van der Waals surface area contributed by atoms with Gasteiger partial charge in [-0.3, -0.25) is 0 Å². The summed E-state index contributed by atoms with van der Waals surface area (Å²) in [5, 5.41) is 0. The Morgan fingerprint density at radius 1 is 0.378 bits per heavy atom. The summed E-state index contributed by atoms with van der Waals surface area (Å²) >= 11 is 0. The molecule has 10 aliphatic rings. The van der Waals surface area contributed by atoms with Crippen molar-refractivity contribution in [2.24, 2.45) is 111 Å². The van der Waals surface area contributed by atoms with Crippen LogP contribution >= 0.6 is 0 Å². The Labute approximate surface area is 526 Å². The van der Waals surface area contributed by atoms with Gasteiger partial charge in [-0.1, -0.05) is 361 Å². The molecule has 0 bridgehead atoms. The van der Waals surface area contributed by atoms with E-state index in [0.717, 1.165) is 106 Å². The molecule has 0 nitrogen and oxygen atoms in total. The van der Waals surface area contributed by atoms with Gasteiger partial charge in [-0.15, -0.1) is 0 Å². The third kappa shape index (κ3) is 52.0. The summed E-state index contributed by atoms with van der Waals surface area (Å²) in [7, 11) is 0. The van der Waals surface area contributed by atoms with Crippen LogP contribution in [0.3, 0.4) is 0 Å². The van der Waals surface area contributed by atoms with Gasteiger partial charge in [0.25, 0.3) is 0 Å². The van der Waals surface area contributed by atoms with Crippen LogP contribution in [0.15, 0.2) is 0 Å². The standard InChI is InChI=1S/4C7H16.C6H10.8C6H12/c2*1-4-5-6-7(2)3;1-4-6-7(3)5-2;1-3-5-7-6-4-2;1-5-4-6(5)2-3-6;1-5-4-6(5,2)3;1-5-3-6(2)4-5;1-6(2)4-3-5-6;1-5-3-4-6(5)2;1-4-5(2)6(4)3;1-6-4-2-3-5-6;1-3-6-4-5(6)2;1-2-6-4-3-5-6/h3*7H,4-6H2,1-3H3;3-7H2,1-2H3;5H,2-4H2,1H3;5H,4H2,1-3H3;5-6H,3-4H2,1-2H3;3-5H2,1-2H3;5-6H,3-4H2,1-2H3;4-6H,1-3H3;6H,2-5H2,1H3;5-6H,3-4H2,1-2H3;6H,2-5H2,1H3/t;;7-;;5-;;;;5-,6?;;;;/m..1.0...1..../s1. The zero-order valence-electron chi connectivity index (χ0n) is 63.5. The lowest BCUT2D eigenvalue weighted by Gasteiger charge is -2.33. The number of hydrogen-bond donors (Lipinski definition) is 0. The zero-order valence-corrected chi connectivity index (χ0v) is 63.5. The predicted octanol–water partition coefficient (Wildman–Crippen LogP) is 30.0. The smallest absolute Gasteiger partial charge is 0.0268 e. The molecule has 0 saturated heterocycles. The molecule has 10 rings (SSSR count). The van der Waals surface area contributed by atoms with E-state index in [4.69, 9.17) is 0 Å². The van der Waals surface area contributed by atoms with E-state index in [2.05, 4.69) is 194 Å². The topological polar surface area (TPSA) is 0 Å². The van der Waals surface area contributed by atoms with Gasteiger partial charge in [0.2, 0.25) is 0 Å². The molecule has 1 spiro atoms. The van der Waals surface area contributed by atoms with E-state index in [-0.39, 0.29) is 0 Å². The molecule has 0 heterocycles. The maximum Gasteiger partial charge on any atom is -0.0268 e. The molecule has 0 radical (unpaired) electrons. The summed E-state index contributed by atoms with van der Waals surface area (Å²) in [6.07, 6.45) is 50.5. The van der Waals surface area contributed by atoms with Crippen molar-refractivity contribution in [1.82, 2.24) is 0 Å². The highest BCUT2D eigenvalue weighted by atomic mass is 14.6. The van der Waals surface area contributed by atoms with Crippen molar-refractivity contribution in [1.29, 1.82) is 0 Å². The lowest BCUT2D eigenvalue weighted by atomic mass is 9.72. The summed E-state index contributed by atoms with van der Waals surface area (Å²) < 4.78 is 0. The maximum absolute atomic E-state index is 2.37. The molecule has 0 aromatic carbocycles. The monoisotopic (exact) mass is 1160 g/mol. The molecule has 498 valence electrons. The highest BCUT2D eigenvalue weighted by Crippen LogP contribution is 2.70. The van der Waals surface area contributed by atoms with E-state index in [1.165, 1.54) is 205 Å². The second kappa shape index (κ2) is 50.8. The van der Waals surface area contributed by atoms with Crippen LogP contribution in [0.4, 0.5) is 0 Å². The highest BCUT2D eigenvalue weighted by molar-refractivity contribution is 5.10. The fourth-order valence-electron chi connectivity index (χ4n) is 11.7. The third-order valence-corrected chi connectivity index (χ3v) is 22.4. The quantitative estimate of drug-likeness (QED) is 0.143. The van der Waals surface area contributed by atoms with Crippen LogP contribution in [0.2, 0.25) is 0 Å². The lowest BCUT2D eigenvalue weighted by molar-refractivity contribution is 0.190. The maximum atomic E-state index is 2.37. The number of rotatable bonds is 15. The zero-order chi connectivity index (χ0) is 63.5. The Hall–Kier alpha value is 0. The molecule has 0 N–H and O–H groups in total.